The van der Waals surface area contributed by atoms with E-state index < -0.39 is 22.8 Å². The highest BCUT2D eigenvalue weighted by atomic mass is 19.1. The number of anilines is 1. The number of ether oxygens (including phenoxy) is 2. The van der Waals surface area contributed by atoms with Crippen molar-refractivity contribution in [2.24, 2.45) is 0 Å². The lowest BCUT2D eigenvalue weighted by atomic mass is 10.1. The van der Waals surface area contributed by atoms with Crippen LogP contribution in [0.2, 0.25) is 0 Å². The smallest absolute Gasteiger partial charge is 0.341 e. The van der Waals surface area contributed by atoms with E-state index in [9.17, 15) is 14.7 Å². The van der Waals surface area contributed by atoms with Crippen molar-refractivity contribution >= 4 is 44.5 Å². The Kier molecular flexibility index (Phi) is 5.14. The monoisotopic (exact) mass is 515 g/mol. The van der Waals surface area contributed by atoms with E-state index >= 15 is 4.39 Å². The minimum Gasteiger partial charge on any atom is -0.477 e. The van der Waals surface area contributed by atoms with E-state index in [1.165, 1.54) is 6.20 Å². The summed E-state index contributed by atoms with van der Waals surface area (Å²) in [5.41, 5.74) is 0.918. The fourth-order valence-corrected chi connectivity index (χ4v) is 5.32. The van der Waals surface area contributed by atoms with Gasteiger partial charge in [-0.15, -0.1) is 0 Å². The molecule has 0 aliphatic carbocycles. The number of furan rings is 1. The molecule has 3 aromatic carbocycles. The van der Waals surface area contributed by atoms with Crippen LogP contribution in [0.1, 0.15) is 10.4 Å². The van der Waals surface area contributed by atoms with Gasteiger partial charge in [0.25, 0.3) is 0 Å². The Bertz CT molecular complexity index is 1840. The molecule has 38 heavy (non-hydrogen) atoms. The number of carboxylic acid groups (broad SMARTS) is 1. The molecule has 2 aliphatic rings. The number of pyridine rings is 1. The van der Waals surface area contributed by atoms with Crippen LogP contribution in [0.3, 0.4) is 0 Å². The molecule has 0 atom stereocenters. The van der Waals surface area contributed by atoms with Gasteiger partial charge in [0.05, 0.1) is 24.3 Å². The lowest BCUT2D eigenvalue weighted by Gasteiger charge is -2.28. The van der Waals surface area contributed by atoms with Crippen molar-refractivity contribution < 1.29 is 28.2 Å². The molecule has 7 rings (SSSR count). The van der Waals surface area contributed by atoms with E-state index in [2.05, 4.69) is 10.2 Å². The summed E-state index contributed by atoms with van der Waals surface area (Å²) >= 11 is 0. The van der Waals surface area contributed by atoms with Crippen LogP contribution in [0.15, 0.2) is 57.9 Å². The van der Waals surface area contributed by atoms with Gasteiger partial charge in [-0.2, -0.15) is 0 Å². The third-order valence-electron chi connectivity index (χ3n) is 7.19. The maximum absolute atomic E-state index is 15.5. The molecule has 5 aromatic rings. The van der Waals surface area contributed by atoms with Crippen molar-refractivity contribution in [3.63, 3.8) is 0 Å². The minimum absolute atomic E-state index is 0.0773. The molecule has 192 valence electrons. The van der Waals surface area contributed by atoms with E-state index in [0.29, 0.717) is 54.4 Å². The molecule has 0 amide bonds. The van der Waals surface area contributed by atoms with Gasteiger partial charge in [-0.3, -0.25) is 9.69 Å². The van der Waals surface area contributed by atoms with Gasteiger partial charge in [-0.05, 0) is 18.2 Å². The Morgan fingerprint density at radius 2 is 1.87 bits per heavy atom. The minimum atomic E-state index is -1.40. The third kappa shape index (κ3) is 3.45. The summed E-state index contributed by atoms with van der Waals surface area (Å²) in [4.78, 5) is 27.2. The number of fused-ring (bicyclic) bond motifs is 5. The molecule has 2 aromatic heterocycles. The summed E-state index contributed by atoms with van der Waals surface area (Å²) in [6.45, 7) is 4.02. The van der Waals surface area contributed by atoms with Gasteiger partial charge < -0.3 is 28.9 Å². The van der Waals surface area contributed by atoms with Crippen LogP contribution in [0.25, 0.3) is 38.5 Å². The highest BCUT2D eigenvalue weighted by Crippen LogP contribution is 2.47. The summed E-state index contributed by atoms with van der Waals surface area (Å²) in [6.07, 6.45) is 1.27. The lowest BCUT2D eigenvalue weighted by molar-refractivity contribution is 0.0398. The lowest BCUT2D eigenvalue weighted by Crippen LogP contribution is -2.39. The number of carbonyl (C=O) groups is 1. The fraction of sp³-hybridized carbons (Fsp3) is 0.214. The number of hydrogen-bond acceptors (Lipinski definition) is 7. The van der Waals surface area contributed by atoms with Crippen LogP contribution in [0, 0.1) is 5.82 Å². The first-order valence-electron chi connectivity index (χ1n) is 12.3. The third-order valence-corrected chi connectivity index (χ3v) is 7.19. The maximum Gasteiger partial charge on any atom is 0.341 e. The molecule has 0 unspecified atom stereocenters. The molecule has 0 saturated carbocycles. The number of nitrogens with one attached hydrogen (secondary N) is 1. The Morgan fingerprint density at radius 1 is 1.05 bits per heavy atom. The van der Waals surface area contributed by atoms with Crippen LogP contribution in [-0.2, 0) is 4.74 Å². The standard InChI is InChI=1S/C28H22FN3O6/c29-19-11-17-25-27(24(19)30-5-6-31-7-9-36-10-8-31)38-23-12-16-15-3-1-2-4-21(15)37-22(16)13-20(23)32(25)14-18(26(17)33)28(34)35/h1-4,11-14,30H,5-10H2,(H,34,35). The first-order valence-corrected chi connectivity index (χ1v) is 12.3. The number of halogens is 1. The Balaban J connectivity index is 1.42. The average molecular weight is 515 g/mol. The average Bonchev–Trinajstić information content (AvgIpc) is 3.28. The van der Waals surface area contributed by atoms with Crippen LogP contribution in [0.4, 0.5) is 10.1 Å². The van der Waals surface area contributed by atoms with Crippen molar-refractivity contribution in [2.45, 2.75) is 0 Å². The van der Waals surface area contributed by atoms with Gasteiger partial charge in [0.2, 0.25) is 5.43 Å². The number of aromatic nitrogens is 1. The molecule has 2 aliphatic heterocycles. The first kappa shape index (κ1) is 22.8. The fourth-order valence-electron chi connectivity index (χ4n) is 5.32. The molecule has 2 N–H and O–H groups in total. The van der Waals surface area contributed by atoms with Crippen molar-refractivity contribution in [3.05, 3.63) is 70.3 Å². The molecular weight excluding hydrogens is 493 g/mol. The number of nitrogens with zero attached hydrogens (tertiary/aromatic N) is 2. The van der Waals surface area contributed by atoms with Crippen LogP contribution in [-0.4, -0.2) is 59.9 Å². The zero-order chi connectivity index (χ0) is 26.0. The summed E-state index contributed by atoms with van der Waals surface area (Å²) in [5, 5.41) is 14.5. The predicted octanol–water partition coefficient (Wildman–Crippen LogP) is 4.58. The van der Waals surface area contributed by atoms with Gasteiger partial charge in [0.1, 0.15) is 27.9 Å². The molecule has 0 spiro atoms. The quantitative estimate of drug-likeness (QED) is 0.344. The van der Waals surface area contributed by atoms with Gasteiger partial charge >= 0.3 is 5.97 Å². The predicted molar refractivity (Wildman–Crippen MR) is 140 cm³/mol. The normalized spacial score (nSPS) is 15.1. The number of morpholine rings is 1. The Hall–Kier alpha value is -4.41. The molecule has 0 bridgehead atoms. The molecule has 10 heteroatoms. The van der Waals surface area contributed by atoms with E-state index in [0.717, 1.165) is 29.9 Å². The van der Waals surface area contributed by atoms with Crippen molar-refractivity contribution in [3.8, 4) is 17.2 Å². The van der Waals surface area contributed by atoms with Gasteiger partial charge in [0.15, 0.2) is 17.3 Å². The summed E-state index contributed by atoms with van der Waals surface area (Å²) < 4.78 is 34.8. The molecule has 1 fully saturated rings. The highest BCUT2D eigenvalue weighted by molar-refractivity contribution is 6.07. The second-order valence-corrected chi connectivity index (χ2v) is 9.40. The number of hydrogen-bond donors (Lipinski definition) is 2. The van der Waals surface area contributed by atoms with Gasteiger partial charge in [-0.25, -0.2) is 9.18 Å². The van der Waals surface area contributed by atoms with Gasteiger partial charge in [0, 0.05) is 49.2 Å². The summed E-state index contributed by atoms with van der Waals surface area (Å²) in [6, 6.07) is 12.2. The summed E-state index contributed by atoms with van der Waals surface area (Å²) in [5.74, 6) is -1.57. The Labute approximate surface area is 214 Å². The van der Waals surface area contributed by atoms with Crippen LogP contribution < -0.4 is 15.5 Å². The molecule has 9 nitrogen and oxygen atoms in total. The summed E-state index contributed by atoms with van der Waals surface area (Å²) in [7, 11) is 0. The second-order valence-electron chi connectivity index (χ2n) is 9.40. The molecule has 0 radical (unpaired) electrons. The molecule has 4 heterocycles. The van der Waals surface area contributed by atoms with Crippen molar-refractivity contribution in [1.29, 1.82) is 0 Å². The second kappa shape index (κ2) is 8.57. The van der Waals surface area contributed by atoms with Crippen molar-refractivity contribution in [2.75, 3.05) is 44.7 Å². The van der Waals surface area contributed by atoms with Crippen LogP contribution in [0.5, 0.6) is 11.5 Å². The highest BCUT2D eigenvalue weighted by Gasteiger charge is 2.29. The first-order chi connectivity index (χ1) is 18.5. The zero-order valence-corrected chi connectivity index (χ0v) is 20.1. The van der Waals surface area contributed by atoms with E-state index in [1.807, 2.05) is 24.3 Å². The number of para-hydroxylation sites is 1. The molecule has 1 saturated heterocycles. The number of carboxylic acids is 1. The van der Waals surface area contributed by atoms with Crippen molar-refractivity contribution in [1.82, 2.24) is 9.47 Å². The largest absolute Gasteiger partial charge is 0.477 e. The van der Waals surface area contributed by atoms with Crippen LogP contribution >= 0.6 is 0 Å². The zero-order valence-electron chi connectivity index (χ0n) is 20.1. The SMILES string of the molecule is O=C(O)c1cn2c3c(c(NCCN4CCOCC4)c(F)cc3c1=O)Oc1cc3c(cc1-2)oc1ccccc13. The number of aromatic carboxylic acids is 1. The number of benzene rings is 3. The van der Waals surface area contributed by atoms with Gasteiger partial charge in [-0.1, -0.05) is 18.2 Å². The topological polar surface area (TPSA) is 106 Å². The van der Waals surface area contributed by atoms with E-state index in [4.69, 9.17) is 13.9 Å². The van der Waals surface area contributed by atoms with E-state index in [-0.39, 0.29) is 16.8 Å². The Morgan fingerprint density at radius 3 is 2.68 bits per heavy atom. The maximum atomic E-state index is 15.5. The number of rotatable bonds is 5. The molecular formula is C28H22FN3O6. The van der Waals surface area contributed by atoms with E-state index in [1.54, 1.807) is 16.7 Å².